The average molecular weight is 677 g/mol. The first kappa shape index (κ1) is 34.3. The van der Waals surface area contributed by atoms with Gasteiger partial charge < -0.3 is 9.11 Å². The van der Waals surface area contributed by atoms with Crippen molar-refractivity contribution >= 4 is 31.0 Å². The molecule has 0 amide bonds. The standard InChI is InChI=1S/C27H26N2.2CHF3O3S/c1-2-11-23-20(8-1)15-19-29-18-7-10-22-14-13-21-9-3-5-16-28-17-6-4-12-24(28)25(21)26(22)27(23)29;2*2-1(3,4)8(5,6)7/h1-2,4,6,8,11-15,17,19H,3,5,7,9-10,16,18H2;2*(H,5,6,7)/q+2;;/p-2. The van der Waals surface area contributed by atoms with Crippen molar-refractivity contribution in [2.75, 3.05) is 0 Å². The van der Waals surface area contributed by atoms with Gasteiger partial charge in [-0.1, -0.05) is 30.3 Å². The topological polar surface area (TPSA) is 122 Å². The Hall–Kier alpha value is -3.60. The molecule has 2 aliphatic heterocycles. The lowest BCUT2D eigenvalue weighted by atomic mass is 9.86. The fourth-order valence-electron chi connectivity index (χ4n) is 5.33. The van der Waals surface area contributed by atoms with Crippen LogP contribution in [-0.2, 0) is 46.2 Å². The van der Waals surface area contributed by atoms with Gasteiger partial charge in [0.25, 0.3) is 0 Å². The maximum absolute atomic E-state index is 10.7. The van der Waals surface area contributed by atoms with Crippen LogP contribution in [0.25, 0.3) is 33.3 Å². The van der Waals surface area contributed by atoms with Crippen molar-refractivity contribution in [3.8, 4) is 22.5 Å². The summed E-state index contributed by atoms with van der Waals surface area (Å²) >= 11 is 0. The maximum Gasteiger partial charge on any atom is 0.485 e. The number of alkyl halides is 6. The molecule has 16 heteroatoms. The molecule has 0 unspecified atom stereocenters. The van der Waals surface area contributed by atoms with Crippen LogP contribution < -0.4 is 9.13 Å². The molecule has 0 saturated carbocycles. The molecular weight excluding hydrogens is 650 g/mol. The van der Waals surface area contributed by atoms with Crippen LogP contribution >= 0.6 is 0 Å². The van der Waals surface area contributed by atoms with E-state index in [-0.39, 0.29) is 0 Å². The summed E-state index contributed by atoms with van der Waals surface area (Å²) in [6, 6.07) is 22.7. The van der Waals surface area contributed by atoms with Gasteiger partial charge in [0, 0.05) is 31.0 Å². The van der Waals surface area contributed by atoms with Crippen molar-refractivity contribution in [1.82, 2.24) is 0 Å². The number of benzene rings is 2. The smallest absolute Gasteiger partial charge is 0.485 e. The summed E-state index contributed by atoms with van der Waals surface area (Å²) in [4.78, 5) is 0. The minimum absolute atomic E-state index is 1.08. The number of hydrogen-bond acceptors (Lipinski definition) is 6. The van der Waals surface area contributed by atoms with Crippen LogP contribution in [0.1, 0.15) is 30.4 Å². The molecule has 2 aromatic heterocycles. The molecule has 2 aromatic carbocycles. The lowest BCUT2D eigenvalue weighted by Gasteiger charge is -2.18. The Balaban J connectivity index is 0.000000240. The summed E-state index contributed by atoms with van der Waals surface area (Å²) in [6.07, 6.45) is 10.6. The van der Waals surface area contributed by atoms with Crippen LogP contribution in [-0.4, -0.2) is 37.0 Å². The molecule has 0 radical (unpaired) electrons. The number of nitrogens with zero attached hydrogens (tertiary/aromatic N) is 2. The van der Waals surface area contributed by atoms with E-state index in [0.29, 0.717) is 0 Å². The number of aryl methyl sites for hydroxylation is 4. The Kier molecular flexibility index (Phi) is 9.92. The van der Waals surface area contributed by atoms with Crippen LogP contribution in [0, 0.1) is 0 Å². The van der Waals surface area contributed by atoms with Gasteiger partial charge in [-0.05, 0) is 47.9 Å². The summed E-state index contributed by atoms with van der Waals surface area (Å²) in [5.74, 6) is 0. The van der Waals surface area contributed by atoms with E-state index in [1.807, 2.05) is 0 Å². The number of fused-ring (bicyclic) bond motifs is 9. The summed E-state index contributed by atoms with van der Waals surface area (Å²) in [6.45, 7) is 2.19. The Morgan fingerprint density at radius 2 is 1.13 bits per heavy atom. The maximum atomic E-state index is 10.7. The SMILES string of the molecule is O=S(=O)([O-])C(F)(F)F.O=S(=O)([O-])C(F)(F)F.c1cc[n+]2c(c1)-c1c(ccc3c1-c1c4ccccc4cc[n+]1CCC3)CCCC2. The van der Waals surface area contributed by atoms with Crippen LogP contribution in [0.5, 0.6) is 0 Å². The van der Waals surface area contributed by atoms with Crippen molar-refractivity contribution in [1.29, 1.82) is 0 Å². The van der Waals surface area contributed by atoms with Gasteiger partial charge in [-0.25, -0.2) is 16.8 Å². The molecule has 2 aliphatic rings. The Morgan fingerprint density at radius 3 is 1.76 bits per heavy atom. The first-order chi connectivity index (χ1) is 20.9. The van der Waals surface area contributed by atoms with E-state index >= 15 is 0 Å². The van der Waals surface area contributed by atoms with Gasteiger partial charge in [0.1, 0.15) is 13.1 Å². The monoisotopic (exact) mass is 676 g/mol. The molecule has 0 fully saturated rings. The van der Waals surface area contributed by atoms with E-state index in [1.54, 1.807) is 0 Å². The Bertz CT molecular complexity index is 1890. The summed E-state index contributed by atoms with van der Waals surface area (Å²) < 4.78 is 123. The molecule has 0 aliphatic carbocycles. The van der Waals surface area contributed by atoms with E-state index in [0.717, 1.165) is 19.5 Å². The lowest BCUT2D eigenvalue weighted by molar-refractivity contribution is -0.687. The van der Waals surface area contributed by atoms with E-state index in [4.69, 9.17) is 25.9 Å². The third kappa shape index (κ3) is 7.80. The van der Waals surface area contributed by atoms with Crippen molar-refractivity contribution in [3.63, 3.8) is 0 Å². The molecule has 242 valence electrons. The molecule has 0 saturated heterocycles. The zero-order chi connectivity index (χ0) is 33.2. The molecule has 4 heterocycles. The third-order valence-electron chi connectivity index (χ3n) is 7.26. The minimum Gasteiger partial charge on any atom is -0.741 e. The number of aromatic nitrogens is 2. The van der Waals surface area contributed by atoms with E-state index in [1.165, 1.54) is 70.1 Å². The molecule has 0 bridgehead atoms. The molecular formula is C29H26F6N2O6S2. The second kappa shape index (κ2) is 13.0. The normalized spacial score (nSPS) is 14.8. The van der Waals surface area contributed by atoms with Crippen molar-refractivity contribution in [2.45, 2.75) is 56.2 Å². The van der Waals surface area contributed by atoms with Crippen LogP contribution in [0.2, 0.25) is 0 Å². The third-order valence-corrected chi connectivity index (χ3v) is 8.39. The van der Waals surface area contributed by atoms with E-state index < -0.39 is 31.3 Å². The fourth-order valence-corrected chi connectivity index (χ4v) is 5.33. The van der Waals surface area contributed by atoms with Crippen molar-refractivity contribution in [3.05, 3.63) is 84.2 Å². The van der Waals surface area contributed by atoms with Gasteiger partial charge in [-0.2, -0.15) is 35.5 Å². The highest BCUT2D eigenvalue weighted by atomic mass is 32.2. The summed E-state index contributed by atoms with van der Waals surface area (Å²) in [7, 11) is -12.2. The Labute approximate surface area is 255 Å². The van der Waals surface area contributed by atoms with Crippen molar-refractivity contribution < 1.29 is 61.4 Å². The van der Waals surface area contributed by atoms with Gasteiger partial charge in [-0.3, -0.25) is 0 Å². The highest BCUT2D eigenvalue weighted by molar-refractivity contribution is 7.86. The minimum atomic E-state index is -6.09. The summed E-state index contributed by atoms with van der Waals surface area (Å²) in [5.41, 5.74) is -2.57. The molecule has 8 nitrogen and oxygen atoms in total. The number of hydrogen-bond donors (Lipinski definition) is 0. The number of halogens is 6. The number of rotatable bonds is 0. The van der Waals surface area contributed by atoms with Crippen LogP contribution in [0.3, 0.4) is 0 Å². The van der Waals surface area contributed by atoms with Gasteiger partial charge in [0.05, 0.1) is 16.5 Å². The quantitative estimate of drug-likeness (QED) is 0.110. The molecule has 0 N–H and O–H groups in total. The molecule has 0 atom stereocenters. The highest BCUT2D eigenvalue weighted by Crippen LogP contribution is 2.40. The Morgan fingerprint density at radius 1 is 0.600 bits per heavy atom. The molecule has 6 rings (SSSR count). The zero-order valence-electron chi connectivity index (χ0n) is 23.3. The van der Waals surface area contributed by atoms with Crippen molar-refractivity contribution in [2.24, 2.45) is 0 Å². The summed E-state index contributed by atoms with van der Waals surface area (Å²) in [5, 5.41) is 2.70. The second-order valence-corrected chi connectivity index (χ2v) is 13.0. The first-order valence-corrected chi connectivity index (χ1v) is 16.3. The predicted octanol–water partition coefficient (Wildman–Crippen LogP) is 5.13. The first-order valence-electron chi connectivity index (χ1n) is 13.5. The highest BCUT2D eigenvalue weighted by Gasteiger charge is 2.37. The van der Waals surface area contributed by atoms with Gasteiger partial charge >= 0.3 is 11.0 Å². The average Bonchev–Trinajstić information content (AvgIpc) is 3.12. The van der Waals surface area contributed by atoms with Gasteiger partial charge in [0.15, 0.2) is 32.6 Å². The van der Waals surface area contributed by atoms with Crippen LogP contribution in [0.4, 0.5) is 26.3 Å². The van der Waals surface area contributed by atoms with E-state index in [9.17, 15) is 26.3 Å². The fraction of sp³-hybridized carbons (Fsp3) is 0.310. The predicted molar refractivity (Wildman–Crippen MR) is 148 cm³/mol. The largest absolute Gasteiger partial charge is 0.741 e. The van der Waals surface area contributed by atoms with E-state index in [2.05, 4.69) is 82.2 Å². The second-order valence-electron chi connectivity index (χ2n) is 10.2. The molecule has 0 spiro atoms. The number of pyridine rings is 2. The molecule has 4 aromatic rings. The van der Waals surface area contributed by atoms with Crippen LogP contribution in [0.15, 0.2) is 73.1 Å². The van der Waals surface area contributed by atoms with Gasteiger partial charge in [0.2, 0.25) is 11.4 Å². The van der Waals surface area contributed by atoms with Gasteiger partial charge in [-0.15, -0.1) is 0 Å². The lowest BCUT2D eigenvalue weighted by Crippen LogP contribution is -2.38. The zero-order valence-corrected chi connectivity index (χ0v) is 24.9. The molecule has 45 heavy (non-hydrogen) atoms.